The van der Waals surface area contributed by atoms with Crippen LogP contribution < -0.4 is 0 Å². The molecule has 0 aliphatic heterocycles. The van der Waals surface area contributed by atoms with E-state index in [-0.39, 0.29) is 0 Å². The molecule has 0 saturated heterocycles. The van der Waals surface area contributed by atoms with Crippen molar-refractivity contribution in [2.45, 2.75) is 62.5 Å². The Morgan fingerprint density at radius 2 is 1.16 bits per heavy atom. The maximum absolute atomic E-state index is 5.45. The molecule has 0 spiro atoms. The third-order valence-corrected chi connectivity index (χ3v) is 8.00. The fraction of sp³-hybridized carbons (Fsp3) is 0.867. The molecule has 0 aromatic heterocycles. The van der Waals surface area contributed by atoms with Crippen LogP contribution in [0.3, 0.4) is 0 Å². The summed E-state index contributed by atoms with van der Waals surface area (Å²) in [5, 5.41) is 0. The Hall–Kier alpha value is 0.334. The molecule has 0 bridgehead atoms. The molecule has 0 rings (SSSR count). The molecular formula is C15H32O3Ti. The van der Waals surface area contributed by atoms with Crippen LogP contribution in [0.5, 0.6) is 0 Å². The molecule has 0 aliphatic rings. The molecule has 0 radical (unpaired) electrons. The van der Waals surface area contributed by atoms with Gasteiger partial charge in [-0.2, -0.15) is 0 Å². The van der Waals surface area contributed by atoms with Gasteiger partial charge in [-0.3, -0.25) is 0 Å². The Kier molecular flexibility index (Phi) is 13.6. The van der Waals surface area contributed by atoms with E-state index in [2.05, 4.69) is 6.58 Å². The first-order valence-corrected chi connectivity index (χ1v) is 10.5. The van der Waals surface area contributed by atoms with Gasteiger partial charge in [0.15, 0.2) is 0 Å². The average Bonchev–Trinajstić information content (AvgIpc) is 2.46. The van der Waals surface area contributed by atoms with Crippen LogP contribution in [0, 0.1) is 0 Å². The van der Waals surface area contributed by atoms with E-state index in [4.69, 9.17) is 9.96 Å². The summed E-state index contributed by atoms with van der Waals surface area (Å²) in [7, 11) is 5.11. The van der Waals surface area contributed by atoms with Gasteiger partial charge in [-0.05, 0) is 0 Å². The molecule has 0 heterocycles. The van der Waals surface area contributed by atoms with Crippen LogP contribution in [0.2, 0.25) is 4.73 Å². The summed E-state index contributed by atoms with van der Waals surface area (Å²) in [4.78, 5) is 0. The molecule has 4 heteroatoms. The number of allylic oxidation sites excluding steroid dienone is 1. The van der Waals surface area contributed by atoms with Crippen LogP contribution in [0.15, 0.2) is 12.7 Å². The maximum atomic E-state index is 5.45. The molecule has 114 valence electrons. The molecule has 0 aromatic carbocycles. The molecule has 0 amide bonds. The number of unbranched alkanes of at least 4 members (excludes halogenated alkanes) is 8. The monoisotopic (exact) mass is 308 g/mol. The second kappa shape index (κ2) is 13.3. The van der Waals surface area contributed by atoms with Crippen LogP contribution in [-0.4, -0.2) is 21.3 Å². The summed E-state index contributed by atoms with van der Waals surface area (Å²) in [6.07, 6.45) is 13.6. The summed E-state index contributed by atoms with van der Waals surface area (Å²) >= 11 is -2.83. The molecule has 0 unspecified atom stereocenters. The van der Waals surface area contributed by atoms with Gasteiger partial charge in [-0.15, -0.1) is 0 Å². The van der Waals surface area contributed by atoms with Crippen molar-refractivity contribution in [2.24, 2.45) is 0 Å². The average molecular weight is 308 g/mol. The van der Waals surface area contributed by atoms with Crippen molar-refractivity contribution >= 4 is 0 Å². The molecule has 0 N–H and O–H groups in total. The summed E-state index contributed by atoms with van der Waals surface area (Å²) < 4.78 is 17.3. The van der Waals surface area contributed by atoms with E-state index in [0.717, 1.165) is 11.1 Å². The number of hydrogen-bond donors (Lipinski definition) is 0. The topological polar surface area (TPSA) is 27.7 Å². The van der Waals surface area contributed by atoms with Gasteiger partial charge < -0.3 is 0 Å². The van der Waals surface area contributed by atoms with Gasteiger partial charge in [0, 0.05) is 0 Å². The van der Waals surface area contributed by atoms with Crippen molar-refractivity contribution in [1.29, 1.82) is 0 Å². The standard InChI is InChI=1S/C12H23.3CH3O.Ti/c1-3-5-7-9-11-12-10-8-6-4-2;3*1-2;/h3H,1-2,4-12H2;3*1H3;/q;3*-1;+3. The fourth-order valence-electron chi connectivity index (χ4n) is 2.25. The minimum atomic E-state index is -2.83. The minimum absolute atomic E-state index is 0.975. The van der Waals surface area contributed by atoms with Crippen LogP contribution >= 0.6 is 0 Å². The molecule has 19 heavy (non-hydrogen) atoms. The van der Waals surface area contributed by atoms with E-state index in [9.17, 15) is 0 Å². The van der Waals surface area contributed by atoms with Crippen LogP contribution in [0.1, 0.15) is 57.8 Å². The zero-order chi connectivity index (χ0) is 14.4. The zero-order valence-electron chi connectivity index (χ0n) is 13.1. The van der Waals surface area contributed by atoms with Crippen molar-refractivity contribution in [3.63, 3.8) is 0 Å². The third kappa shape index (κ3) is 9.81. The molecule has 3 nitrogen and oxygen atoms in total. The van der Waals surface area contributed by atoms with E-state index < -0.39 is 17.8 Å². The van der Waals surface area contributed by atoms with Gasteiger partial charge >= 0.3 is 124 Å². The van der Waals surface area contributed by atoms with E-state index in [1.54, 1.807) is 21.3 Å². The molecule has 0 aromatic rings. The Balaban J connectivity index is 3.37. The summed E-state index contributed by atoms with van der Waals surface area (Å²) in [5.74, 6) is 0. The van der Waals surface area contributed by atoms with Crippen molar-refractivity contribution in [1.82, 2.24) is 0 Å². The van der Waals surface area contributed by atoms with Gasteiger partial charge in [0.1, 0.15) is 0 Å². The van der Waals surface area contributed by atoms with Crippen molar-refractivity contribution in [3.8, 4) is 0 Å². The van der Waals surface area contributed by atoms with Gasteiger partial charge in [-0.25, -0.2) is 0 Å². The Bertz CT molecular complexity index is 197. The van der Waals surface area contributed by atoms with Crippen molar-refractivity contribution in [2.75, 3.05) is 21.3 Å². The van der Waals surface area contributed by atoms with Crippen LogP contribution in [0.4, 0.5) is 0 Å². The van der Waals surface area contributed by atoms with Gasteiger partial charge in [0.25, 0.3) is 0 Å². The van der Waals surface area contributed by atoms with Crippen molar-refractivity contribution < 1.29 is 27.7 Å². The van der Waals surface area contributed by atoms with Crippen LogP contribution in [0.25, 0.3) is 0 Å². The second-order valence-corrected chi connectivity index (χ2v) is 9.78. The van der Waals surface area contributed by atoms with E-state index >= 15 is 0 Å². The Morgan fingerprint density at radius 3 is 1.58 bits per heavy atom. The number of hydrogen-bond acceptors (Lipinski definition) is 3. The molecule has 0 saturated carbocycles. The Labute approximate surface area is 124 Å². The quantitative estimate of drug-likeness (QED) is 0.258. The third-order valence-electron chi connectivity index (χ3n) is 3.57. The first kappa shape index (κ1) is 19.3. The van der Waals surface area contributed by atoms with Crippen LogP contribution in [-0.2, 0) is 27.7 Å². The summed E-state index contributed by atoms with van der Waals surface area (Å²) in [6, 6.07) is 0. The molecule has 0 aliphatic carbocycles. The summed E-state index contributed by atoms with van der Waals surface area (Å²) in [5.41, 5.74) is 0. The number of rotatable bonds is 14. The summed E-state index contributed by atoms with van der Waals surface area (Å²) in [6.45, 7) is 3.74. The van der Waals surface area contributed by atoms with Crippen molar-refractivity contribution in [3.05, 3.63) is 12.7 Å². The van der Waals surface area contributed by atoms with Gasteiger partial charge in [-0.1, -0.05) is 0 Å². The predicted molar refractivity (Wildman–Crippen MR) is 77.6 cm³/mol. The SMILES string of the molecule is C=CCCCCCCCCC[CH2][Ti]([O]C)([O]C)[O]C. The van der Waals surface area contributed by atoms with Gasteiger partial charge in [0.05, 0.1) is 0 Å². The first-order chi connectivity index (χ1) is 9.24. The van der Waals surface area contributed by atoms with E-state index in [1.807, 2.05) is 6.08 Å². The fourth-order valence-corrected chi connectivity index (χ4v) is 5.05. The van der Waals surface area contributed by atoms with Gasteiger partial charge in [0.2, 0.25) is 0 Å². The normalized spacial score (nSPS) is 11.7. The van der Waals surface area contributed by atoms with E-state index in [0.29, 0.717) is 0 Å². The molecule has 0 atom stereocenters. The molecular weight excluding hydrogens is 276 g/mol. The predicted octanol–water partition coefficient (Wildman–Crippen LogP) is 4.94. The first-order valence-electron chi connectivity index (χ1n) is 7.51. The van der Waals surface area contributed by atoms with E-state index in [1.165, 1.54) is 51.4 Å². The second-order valence-electron chi connectivity index (χ2n) is 4.95. The Morgan fingerprint density at radius 1 is 0.737 bits per heavy atom. The molecule has 0 fully saturated rings. The zero-order valence-corrected chi connectivity index (χ0v) is 14.6.